The standard InChI is InChI=1S/C16H13FN4O/c1-9-19-16-18-8-13-14(21(16)20-9)6-11(7-15(13)22)10-2-4-12(17)5-3-10/h2-5,8,11H,6-7H2,1H3. The second-order valence-electron chi connectivity index (χ2n) is 5.57. The van der Waals surface area contributed by atoms with Gasteiger partial charge in [0.15, 0.2) is 5.78 Å². The van der Waals surface area contributed by atoms with Gasteiger partial charge in [0.1, 0.15) is 11.6 Å². The molecule has 5 nitrogen and oxygen atoms in total. The molecule has 0 N–H and O–H groups in total. The molecule has 0 amide bonds. The smallest absolute Gasteiger partial charge is 0.252 e. The van der Waals surface area contributed by atoms with E-state index in [4.69, 9.17) is 0 Å². The second-order valence-corrected chi connectivity index (χ2v) is 5.57. The molecule has 0 saturated carbocycles. The molecule has 1 unspecified atom stereocenters. The number of hydrogen-bond donors (Lipinski definition) is 0. The molecular formula is C16H13FN4O. The summed E-state index contributed by atoms with van der Waals surface area (Å²) < 4.78 is 14.7. The highest BCUT2D eigenvalue weighted by atomic mass is 19.1. The largest absolute Gasteiger partial charge is 0.294 e. The van der Waals surface area contributed by atoms with E-state index in [2.05, 4.69) is 15.1 Å². The Morgan fingerprint density at radius 3 is 2.77 bits per heavy atom. The lowest BCUT2D eigenvalue weighted by Crippen LogP contribution is -2.22. The number of Topliss-reactive ketones (excluding diaryl/α,β-unsaturated/α-hetero) is 1. The molecule has 2 aromatic heterocycles. The van der Waals surface area contributed by atoms with Gasteiger partial charge >= 0.3 is 0 Å². The van der Waals surface area contributed by atoms with Crippen LogP contribution in [0.15, 0.2) is 30.5 Å². The third kappa shape index (κ3) is 1.99. The topological polar surface area (TPSA) is 60.1 Å². The number of carbonyl (C=O) groups is 1. The summed E-state index contributed by atoms with van der Waals surface area (Å²) in [5, 5.41) is 4.33. The highest BCUT2D eigenvalue weighted by molar-refractivity contribution is 5.98. The number of nitrogens with zero attached hydrogens (tertiary/aromatic N) is 4. The summed E-state index contributed by atoms with van der Waals surface area (Å²) in [7, 11) is 0. The zero-order valence-corrected chi connectivity index (χ0v) is 12.0. The molecule has 0 saturated heterocycles. The maximum Gasteiger partial charge on any atom is 0.252 e. The van der Waals surface area contributed by atoms with Crippen molar-refractivity contribution in [3.8, 4) is 0 Å². The van der Waals surface area contributed by atoms with Crippen LogP contribution in [0.2, 0.25) is 0 Å². The number of halogens is 1. The van der Waals surface area contributed by atoms with E-state index in [1.54, 1.807) is 29.8 Å². The van der Waals surface area contributed by atoms with Crippen LogP contribution in [-0.4, -0.2) is 25.4 Å². The molecular weight excluding hydrogens is 283 g/mol. The fraction of sp³-hybridized carbons (Fsp3) is 0.250. The first-order valence-corrected chi connectivity index (χ1v) is 7.12. The predicted octanol–water partition coefficient (Wildman–Crippen LogP) is 2.48. The Hall–Kier alpha value is -2.63. The van der Waals surface area contributed by atoms with Crippen LogP contribution < -0.4 is 0 Å². The van der Waals surface area contributed by atoms with Crippen LogP contribution in [0, 0.1) is 12.7 Å². The Bertz CT molecular complexity index is 885. The van der Waals surface area contributed by atoms with E-state index in [1.807, 2.05) is 0 Å². The summed E-state index contributed by atoms with van der Waals surface area (Å²) in [6.45, 7) is 1.79. The SMILES string of the molecule is Cc1nc2ncc3c(n2n1)CC(c1ccc(F)cc1)CC3=O. The van der Waals surface area contributed by atoms with Gasteiger partial charge in [-0.05, 0) is 37.0 Å². The van der Waals surface area contributed by atoms with E-state index in [9.17, 15) is 9.18 Å². The van der Waals surface area contributed by atoms with Crippen LogP contribution in [0.5, 0.6) is 0 Å². The first-order chi connectivity index (χ1) is 10.6. The van der Waals surface area contributed by atoms with Gasteiger partial charge in [-0.25, -0.2) is 13.9 Å². The minimum atomic E-state index is -0.273. The molecule has 2 heterocycles. The monoisotopic (exact) mass is 296 g/mol. The van der Waals surface area contributed by atoms with Gasteiger partial charge in [0.25, 0.3) is 5.78 Å². The summed E-state index contributed by atoms with van der Waals surface area (Å²) >= 11 is 0. The van der Waals surface area contributed by atoms with Gasteiger partial charge in [-0.15, -0.1) is 0 Å². The van der Waals surface area contributed by atoms with Crippen molar-refractivity contribution in [1.29, 1.82) is 0 Å². The number of ketones is 1. The normalized spacial score (nSPS) is 17.7. The van der Waals surface area contributed by atoms with Crippen molar-refractivity contribution in [3.05, 3.63) is 58.9 Å². The molecule has 0 bridgehead atoms. The van der Waals surface area contributed by atoms with Crippen LogP contribution in [0.3, 0.4) is 0 Å². The van der Waals surface area contributed by atoms with Crippen molar-refractivity contribution < 1.29 is 9.18 Å². The van der Waals surface area contributed by atoms with Crippen LogP contribution in [0.25, 0.3) is 5.78 Å². The third-order valence-electron chi connectivity index (χ3n) is 4.09. The van der Waals surface area contributed by atoms with E-state index < -0.39 is 0 Å². The predicted molar refractivity (Wildman–Crippen MR) is 77.3 cm³/mol. The van der Waals surface area contributed by atoms with Crippen molar-refractivity contribution in [3.63, 3.8) is 0 Å². The van der Waals surface area contributed by atoms with Crippen LogP contribution >= 0.6 is 0 Å². The molecule has 4 rings (SSSR count). The lowest BCUT2D eigenvalue weighted by molar-refractivity contribution is 0.0962. The van der Waals surface area contributed by atoms with E-state index >= 15 is 0 Å². The fourth-order valence-corrected chi connectivity index (χ4v) is 3.02. The molecule has 1 atom stereocenters. The van der Waals surface area contributed by atoms with Crippen LogP contribution in [-0.2, 0) is 6.42 Å². The van der Waals surface area contributed by atoms with Gasteiger partial charge in [0.2, 0.25) is 0 Å². The molecule has 0 spiro atoms. The van der Waals surface area contributed by atoms with Crippen molar-refractivity contribution in [2.24, 2.45) is 0 Å². The summed E-state index contributed by atoms with van der Waals surface area (Å²) in [5.41, 5.74) is 2.40. The lowest BCUT2D eigenvalue weighted by Gasteiger charge is -2.23. The van der Waals surface area contributed by atoms with E-state index in [-0.39, 0.29) is 17.5 Å². The average Bonchev–Trinajstić information content (AvgIpc) is 2.88. The van der Waals surface area contributed by atoms with Crippen LogP contribution in [0.1, 0.15) is 39.8 Å². The molecule has 3 aromatic rings. The van der Waals surface area contributed by atoms with Crippen LogP contribution in [0.4, 0.5) is 4.39 Å². The molecule has 1 aromatic carbocycles. The van der Waals surface area contributed by atoms with Gasteiger partial charge < -0.3 is 0 Å². The molecule has 0 fully saturated rings. The Labute approximate surface area is 125 Å². The lowest BCUT2D eigenvalue weighted by atomic mass is 9.82. The van der Waals surface area contributed by atoms with Gasteiger partial charge in [-0.1, -0.05) is 12.1 Å². The molecule has 1 aliphatic rings. The molecule has 6 heteroatoms. The van der Waals surface area contributed by atoms with E-state index in [0.717, 1.165) is 11.3 Å². The van der Waals surface area contributed by atoms with Gasteiger partial charge in [-0.3, -0.25) is 4.79 Å². The minimum Gasteiger partial charge on any atom is -0.294 e. The summed E-state index contributed by atoms with van der Waals surface area (Å²) in [4.78, 5) is 20.8. The number of fused-ring (bicyclic) bond motifs is 3. The molecule has 0 aliphatic heterocycles. The molecule has 0 radical (unpaired) electrons. The zero-order chi connectivity index (χ0) is 15.3. The Balaban J connectivity index is 1.82. The van der Waals surface area contributed by atoms with Crippen molar-refractivity contribution in [2.45, 2.75) is 25.7 Å². The highest BCUT2D eigenvalue weighted by Gasteiger charge is 2.29. The van der Waals surface area contributed by atoms with Crippen molar-refractivity contribution in [1.82, 2.24) is 19.6 Å². The first-order valence-electron chi connectivity index (χ1n) is 7.12. The van der Waals surface area contributed by atoms with Gasteiger partial charge in [0, 0.05) is 12.6 Å². The zero-order valence-electron chi connectivity index (χ0n) is 12.0. The highest BCUT2D eigenvalue weighted by Crippen LogP contribution is 2.32. The maximum atomic E-state index is 13.1. The second kappa shape index (κ2) is 4.69. The number of hydrogen-bond acceptors (Lipinski definition) is 4. The Morgan fingerprint density at radius 1 is 1.23 bits per heavy atom. The molecule has 1 aliphatic carbocycles. The van der Waals surface area contributed by atoms with Gasteiger partial charge in [-0.2, -0.15) is 10.1 Å². The quantitative estimate of drug-likeness (QED) is 0.692. The molecule has 22 heavy (non-hydrogen) atoms. The van der Waals surface area contributed by atoms with E-state index in [1.165, 1.54) is 12.1 Å². The summed E-state index contributed by atoms with van der Waals surface area (Å²) in [6.07, 6.45) is 2.65. The first kappa shape index (κ1) is 13.1. The van der Waals surface area contributed by atoms with Gasteiger partial charge in [0.05, 0.1) is 11.3 Å². The number of benzene rings is 1. The maximum absolute atomic E-state index is 13.1. The van der Waals surface area contributed by atoms with E-state index in [0.29, 0.717) is 30.0 Å². The molecule has 110 valence electrons. The fourth-order valence-electron chi connectivity index (χ4n) is 3.02. The minimum absolute atomic E-state index is 0.0238. The third-order valence-corrected chi connectivity index (χ3v) is 4.09. The average molecular weight is 296 g/mol. The summed E-state index contributed by atoms with van der Waals surface area (Å²) in [6, 6.07) is 6.33. The Kier molecular flexibility index (Phi) is 2.79. The van der Waals surface area contributed by atoms with Crippen molar-refractivity contribution in [2.75, 3.05) is 0 Å². The number of carbonyl (C=O) groups excluding carboxylic acids is 1. The number of aromatic nitrogens is 4. The van der Waals surface area contributed by atoms with Crippen molar-refractivity contribution >= 4 is 11.6 Å². The summed E-state index contributed by atoms with van der Waals surface area (Å²) in [5.74, 6) is 0.916. The Morgan fingerprint density at radius 2 is 2.00 bits per heavy atom. The number of aryl methyl sites for hydroxylation is 1. The number of rotatable bonds is 1.